The number of nitrogens with zero attached hydrogens (tertiary/aromatic N) is 3. The topological polar surface area (TPSA) is 74.8 Å². The Morgan fingerprint density at radius 3 is 2.59 bits per heavy atom. The van der Waals surface area contributed by atoms with Gasteiger partial charge < -0.3 is 14.0 Å². The molecule has 1 aliphatic rings. The van der Waals surface area contributed by atoms with Crippen molar-refractivity contribution >= 4 is 34.3 Å². The van der Waals surface area contributed by atoms with Gasteiger partial charge in [0.2, 0.25) is 0 Å². The third kappa shape index (κ3) is 4.11. The zero-order valence-corrected chi connectivity index (χ0v) is 22.6. The van der Waals surface area contributed by atoms with Crippen LogP contribution in [0.3, 0.4) is 0 Å². The SMILES string of the molecule is COC(=O)C1=C(C)N=c2s/c(=C/c3cn(C(C)C)c4ccccc34)c(=O)n2[C@H]1c1ccc(C)c(OC)c1. The molecule has 0 fully saturated rings. The van der Waals surface area contributed by atoms with E-state index < -0.39 is 12.0 Å². The molecule has 4 aromatic rings. The number of hydrogen-bond donors (Lipinski definition) is 0. The maximum absolute atomic E-state index is 13.9. The van der Waals surface area contributed by atoms with Crippen LogP contribution in [-0.2, 0) is 9.53 Å². The molecular weight excluding hydrogens is 486 g/mol. The second kappa shape index (κ2) is 9.52. The van der Waals surface area contributed by atoms with Crippen molar-refractivity contribution < 1.29 is 14.3 Å². The van der Waals surface area contributed by atoms with Gasteiger partial charge in [-0.15, -0.1) is 0 Å². The highest BCUT2D eigenvalue weighted by molar-refractivity contribution is 7.07. The molecule has 1 aliphatic heterocycles. The van der Waals surface area contributed by atoms with E-state index in [2.05, 4.69) is 41.7 Å². The summed E-state index contributed by atoms with van der Waals surface area (Å²) < 4.78 is 15.0. The molecule has 7 nitrogen and oxygen atoms in total. The normalized spacial score (nSPS) is 15.8. The summed E-state index contributed by atoms with van der Waals surface area (Å²) >= 11 is 1.32. The molecular formula is C29H29N3O4S. The maximum Gasteiger partial charge on any atom is 0.338 e. The minimum atomic E-state index is -0.683. The number of carbonyl (C=O) groups is 1. The number of aromatic nitrogens is 2. The first-order valence-corrected chi connectivity index (χ1v) is 12.9. The lowest BCUT2D eigenvalue weighted by molar-refractivity contribution is -0.136. The summed E-state index contributed by atoms with van der Waals surface area (Å²) in [6, 6.07) is 13.5. The van der Waals surface area contributed by atoms with E-state index >= 15 is 0 Å². The number of methoxy groups -OCH3 is 2. The van der Waals surface area contributed by atoms with Crippen LogP contribution in [0, 0.1) is 6.92 Å². The second-order valence-corrected chi connectivity index (χ2v) is 10.4. The number of ether oxygens (including phenoxy) is 2. The zero-order chi connectivity index (χ0) is 26.4. The minimum absolute atomic E-state index is 0.205. The van der Waals surface area contributed by atoms with Gasteiger partial charge in [-0.05, 0) is 57.0 Å². The Hall–Kier alpha value is -3.91. The zero-order valence-electron chi connectivity index (χ0n) is 21.7. The maximum atomic E-state index is 13.9. The molecule has 0 spiro atoms. The first kappa shape index (κ1) is 24.8. The summed E-state index contributed by atoms with van der Waals surface area (Å²) in [7, 11) is 2.94. The van der Waals surface area contributed by atoms with Crippen LogP contribution in [0.25, 0.3) is 17.0 Å². The predicted octanol–water partition coefficient (Wildman–Crippen LogP) is 4.26. The molecule has 2 aromatic heterocycles. The lowest BCUT2D eigenvalue weighted by Crippen LogP contribution is -2.39. The van der Waals surface area contributed by atoms with Gasteiger partial charge in [0.25, 0.3) is 5.56 Å². The summed E-state index contributed by atoms with van der Waals surface area (Å²) in [5.41, 5.74) is 4.45. The molecule has 3 heterocycles. The highest BCUT2D eigenvalue weighted by Crippen LogP contribution is 2.33. The minimum Gasteiger partial charge on any atom is -0.496 e. The molecule has 0 N–H and O–H groups in total. The number of aryl methyl sites for hydroxylation is 1. The van der Waals surface area contributed by atoms with Gasteiger partial charge >= 0.3 is 5.97 Å². The van der Waals surface area contributed by atoms with Gasteiger partial charge in [0.05, 0.1) is 36.1 Å². The molecule has 5 rings (SSSR count). The van der Waals surface area contributed by atoms with Gasteiger partial charge in [-0.3, -0.25) is 9.36 Å². The average Bonchev–Trinajstić information content (AvgIpc) is 3.41. The van der Waals surface area contributed by atoms with Gasteiger partial charge in [-0.1, -0.05) is 41.7 Å². The molecule has 0 bridgehead atoms. The Bertz CT molecular complexity index is 1750. The molecule has 1 atom stereocenters. The molecule has 0 amide bonds. The molecule has 37 heavy (non-hydrogen) atoms. The average molecular weight is 516 g/mol. The molecule has 2 aromatic carbocycles. The number of para-hydroxylation sites is 1. The van der Waals surface area contributed by atoms with Crippen LogP contribution in [0.15, 0.2) is 69.7 Å². The van der Waals surface area contributed by atoms with Crippen LogP contribution in [0.4, 0.5) is 0 Å². The van der Waals surface area contributed by atoms with Crippen LogP contribution in [0.5, 0.6) is 5.75 Å². The van der Waals surface area contributed by atoms with Gasteiger partial charge in [-0.2, -0.15) is 0 Å². The van der Waals surface area contributed by atoms with E-state index in [0.717, 1.165) is 27.6 Å². The third-order valence-electron chi connectivity index (χ3n) is 6.79. The summed E-state index contributed by atoms with van der Waals surface area (Å²) in [5.74, 6) is 0.167. The van der Waals surface area contributed by atoms with Crippen molar-refractivity contribution in [2.24, 2.45) is 4.99 Å². The van der Waals surface area contributed by atoms with E-state index in [4.69, 9.17) is 9.47 Å². The van der Waals surface area contributed by atoms with E-state index in [1.54, 1.807) is 18.6 Å². The monoisotopic (exact) mass is 515 g/mol. The van der Waals surface area contributed by atoms with Crippen molar-refractivity contribution in [1.29, 1.82) is 0 Å². The lowest BCUT2D eigenvalue weighted by Gasteiger charge is -2.25. The first-order chi connectivity index (χ1) is 17.7. The van der Waals surface area contributed by atoms with Crippen molar-refractivity contribution in [2.45, 2.75) is 39.8 Å². The highest BCUT2D eigenvalue weighted by atomic mass is 32.1. The second-order valence-electron chi connectivity index (χ2n) is 9.41. The molecule has 0 saturated carbocycles. The van der Waals surface area contributed by atoms with Crippen LogP contribution in [0.1, 0.15) is 49.5 Å². The van der Waals surface area contributed by atoms with Gasteiger partial charge in [0.1, 0.15) is 5.75 Å². The number of hydrogen-bond acceptors (Lipinski definition) is 6. The van der Waals surface area contributed by atoms with E-state index in [-0.39, 0.29) is 11.6 Å². The van der Waals surface area contributed by atoms with Crippen molar-refractivity contribution in [3.8, 4) is 5.75 Å². The van der Waals surface area contributed by atoms with Crippen LogP contribution >= 0.6 is 11.3 Å². The Morgan fingerprint density at radius 2 is 1.89 bits per heavy atom. The third-order valence-corrected chi connectivity index (χ3v) is 7.77. The fourth-order valence-corrected chi connectivity index (χ4v) is 5.97. The fourth-order valence-electron chi connectivity index (χ4n) is 4.93. The van der Waals surface area contributed by atoms with Crippen LogP contribution in [0.2, 0.25) is 0 Å². The summed E-state index contributed by atoms with van der Waals surface area (Å²) in [4.78, 5) is 32.0. The molecule has 190 valence electrons. The summed E-state index contributed by atoms with van der Waals surface area (Å²) in [5, 5.41) is 1.08. The summed E-state index contributed by atoms with van der Waals surface area (Å²) in [6.45, 7) is 8.00. The van der Waals surface area contributed by atoms with Crippen LogP contribution in [-0.4, -0.2) is 29.3 Å². The number of allylic oxidation sites excluding steroid dienone is 1. The number of fused-ring (bicyclic) bond motifs is 2. The van der Waals surface area contributed by atoms with E-state index in [9.17, 15) is 9.59 Å². The van der Waals surface area contributed by atoms with Gasteiger partial charge in [-0.25, -0.2) is 9.79 Å². The number of esters is 1. The number of benzene rings is 2. The number of thiazole rings is 1. The van der Waals surface area contributed by atoms with E-state index in [0.29, 0.717) is 26.4 Å². The quantitative estimate of drug-likeness (QED) is 0.372. The Morgan fingerprint density at radius 1 is 1.14 bits per heavy atom. The fraction of sp³-hybridized carbons (Fsp3) is 0.276. The highest BCUT2D eigenvalue weighted by Gasteiger charge is 2.33. The van der Waals surface area contributed by atoms with Crippen molar-refractivity contribution in [3.63, 3.8) is 0 Å². The van der Waals surface area contributed by atoms with Gasteiger partial charge in [0, 0.05) is 28.7 Å². The molecule has 0 saturated heterocycles. The predicted molar refractivity (Wildman–Crippen MR) is 146 cm³/mol. The Kier molecular flexibility index (Phi) is 6.37. The molecule has 0 unspecified atom stereocenters. The molecule has 0 radical (unpaired) electrons. The van der Waals surface area contributed by atoms with Gasteiger partial charge in [0.15, 0.2) is 4.80 Å². The van der Waals surface area contributed by atoms with Crippen LogP contribution < -0.4 is 19.6 Å². The first-order valence-electron chi connectivity index (χ1n) is 12.1. The van der Waals surface area contributed by atoms with Crippen molar-refractivity contribution in [3.05, 3.63) is 96.3 Å². The van der Waals surface area contributed by atoms with E-state index in [1.807, 2.05) is 43.3 Å². The molecule has 0 aliphatic carbocycles. The number of carbonyl (C=O) groups excluding carboxylic acids is 1. The Balaban J connectivity index is 1.77. The Labute approximate surface area is 218 Å². The lowest BCUT2D eigenvalue weighted by atomic mass is 9.95. The van der Waals surface area contributed by atoms with Crippen molar-refractivity contribution in [1.82, 2.24) is 9.13 Å². The van der Waals surface area contributed by atoms with E-state index in [1.165, 1.54) is 18.4 Å². The van der Waals surface area contributed by atoms with Crippen molar-refractivity contribution in [2.75, 3.05) is 14.2 Å². The standard InChI is InChI=1S/C29H29N3O4S/c1-16(2)31-15-20(21-9-7-8-10-22(21)31)14-24-27(33)32-26(19-12-11-17(3)23(13-19)35-5)25(28(34)36-6)18(4)30-29(32)37-24/h7-16,26H,1-6H3/b24-14+/t26-/m0/s1. The largest absolute Gasteiger partial charge is 0.496 e. The number of rotatable bonds is 5. The summed E-state index contributed by atoms with van der Waals surface area (Å²) in [6.07, 6.45) is 4.01. The smallest absolute Gasteiger partial charge is 0.338 e. The molecule has 8 heteroatoms.